The molecule has 1 N–H and O–H groups in total. The number of ether oxygens (including phenoxy) is 3. The Hall–Kier alpha value is -7.11. The van der Waals surface area contributed by atoms with Gasteiger partial charge in [0.1, 0.15) is 30.2 Å². The van der Waals surface area contributed by atoms with Crippen LogP contribution in [0.5, 0.6) is 11.6 Å². The Balaban J connectivity index is 0.666. The van der Waals surface area contributed by atoms with Crippen molar-refractivity contribution < 1.29 is 33.4 Å². The largest absolute Gasteiger partial charge is 0.481 e. The van der Waals surface area contributed by atoms with Gasteiger partial charge in [0.25, 0.3) is 11.8 Å². The smallest absolute Gasteiger partial charge is 0.262 e. The minimum absolute atomic E-state index is 0.0326. The van der Waals surface area contributed by atoms with E-state index in [0.717, 1.165) is 76.9 Å². The molecule has 3 aliphatic heterocycles. The number of imide groups is 2. The van der Waals surface area contributed by atoms with Gasteiger partial charge >= 0.3 is 0 Å². The van der Waals surface area contributed by atoms with Crippen molar-refractivity contribution in [3.63, 3.8) is 0 Å². The Bertz CT molecular complexity index is 2800. The van der Waals surface area contributed by atoms with Crippen LogP contribution in [0.1, 0.15) is 64.9 Å². The molecule has 1 atom stereocenters. The van der Waals surface area contributed by atoms with Gasteiger partial charge in [-0.05, 0) is 79.3 Å². The van der Waals surface area contributed by atoms with Crippen LogP contribution in [0.4, 0.5) is 5.69 Å². The molecule has 4 aliphatic rings. The van der Waals surface area contributed by atoms with Crippen LogP contribution in [-0.2, 0) is 21.4 Å². The average molecular weight is 816 g/mol. The van der Waals surface area contributed by atoms with Gasteiger partial charge in [0.15, 0.2) is 0 Å². The quantitative estimate of drug-likeness (QED) is 0.143. The fourth-order valence-electron chi connectivity index (χ4n) is 8.74. The number of aryl methyl sites for hydroxylation is 1. The van der Waals surface area contributed by atoms with Crippen LogP contribution in [0.15, 0.2) is 91.5 Å². The van der Waals surface area contributed by atoms with Crippen LogP contribution in [0.25, 0.3) is 32.9 Å². The number of nitrogens with zero attached hydrogens (tertiary/aromatic N) is 6. The van der Waals surface area contributed by atoms with Gasteiger partial charge in [0.05, 0.1) is 28.9 Å². The number of rotatable bonds is 9. The highest BCUT2D eigenvalue weighted by Crippen LogP contribution is 2.34. The molecule has 4 amide bonds. The Morgan fingerprint density at radius 2 is 1.61 bits per heavy atom. The molecule has 0 bridgehead atoms. The molecule has 61 heavy (non-hydrogen) atoms. The zero-order valence-electron chi connectivity index (χ0n) is 33.4. The van der Waals surface area contributed by atoms with Crippen LogP contribution < -0.4 is 19.7 Å². The van der Waals surface area contributed by atoms with Crippen molar-refractivity contribution >= 4 is 51.1 Å². The van der Waals surface area contributed by atoms with Crippen molar-refractivity contribution in [2.45, 2.75) is 62.9 Å². The van der Waals surface area contributed by atoms with E-state index in [9.17, 15) is 19.2 Å². The second-order valence-corrected chi connectivity index (χ2v) is 15.9. The third kappa shape index (κ3) is 7.42. The molecule has 2 saturated heterocycles. The molecule has 4 aromatic heterocycles. The van der Waals surface area contributed by atoms with E-state index in [1.54, 1.807) is 12.3 Å². The zero-order valence-corrected chi connectivity index (χ0v) is 33.4. The number of amides is 4. The van der Waals surface area contributed by atoms with Crippen LogP contribution in [-0.4, -0.2) is 92.1 Å². The lowest BCUT2D eigenvalue weighted by Gasteiger charge is -2.40. The number of piperidine rings is 2. The summed E-state index contributed by atoms with van der Waals surface area (Å²) < 4.78 is 20.7. The number of aromatic nitrogens is 4. The molecule has 14 heteroatoms. The van der Waals surface area contributed by atoms with Gasteiger partial charge in [-0.1, -0.05) is 18.1 Å². The molecule has 0 spiro atoms. The summed E-state index contributed by atoms with van der Waals surface area (Å²) in [4.78, 5) is 66.6. The molecule has 1 aliphatic carbocycles. The predicted octanol–water partition coefficient (Wildman–Crippen LogP) is 5.61. The van der Waals surface area contributed by atoms with Gasteiger partial charge in [-0.2, -0.15) is 0 Å². The summed E-state index contributed by atoms with van der Waals surface area (Å²) in [5.74, 6) is 4.80. The topological polar surface area (TPSA) is 158 Å². The number of carbonyl (C=O) groups is 4. The van der Waals surface area contributed by atoms with Gasteiger partial charge in [-0.25, -0.2) is 9.97 Å². The maximum atomic E-state index is 13.1. The number of hydrogen-bond donors (Lipinski definition) is 1. The van der Waals surface area contributed by atoms with Gasteiger partial charge in [-0.3, -0.25) is 34.4 Å². The van der Waals surface area contributed by atoms with Gasteiger partial charge in [-0.15, -0.1) is 0 Å². The van der Waals surface area contributed by atoms with E-state index in [1.807, 2.05) is 42.9 Å². The molecule has 10 rings (SSSR count). The molecule has 1 saturated carbocycles. The van der Waals surface area contributed by atoms with Crippen molar-refractivity contribution in [2.24, 2.45) is 7.05 Å². The minimum atomic E-state index is -1.02. The third-order valence-corrected chi connectivity index (χ3v) is 12.1. The molecule has 6 aromatic rings. The molecular formula is C47H41N7O7. The van der Waals surface area contributed by atoms with Crippen molar-refractivity contribution in [1.29, 1.82) is 0 Å². The normalized spacial score (nSPS) is 20.3. The number of nitrogens with one attached hydrogen (secondary N) is 1. The summed E-state index contributed by atoms with van der Waals surface area (Å²) in [7, 11) is 2.08. The summed E-state index contributed by atoms with van der Waals surface area (Å²) in [5, 5.41) is 4.54. The van der Waals surface area contributed by atoms with Gasteiger partial charge in [0.2, 0.25) is 17.7 Å². The molecular weight excluding hydrogens is 775 g/mol. The Morgan fingerprint density at radius 3 is 2.43 bits per heavy atom. The zero-order chi connectivity index (χ0) is 41.6. The first-order valence-electron chi connectivity index (χ1n) is 20.5. The standard InChI is InChI=1S/C47H41N7O7/c1-52-40-13-16-48-27-39(40)36-7-4-28(21-42(36)52)29-5-11-44(50-26-29)61-35-23-34(24-35)60-32-14-18-53(19-15-32)31-12-17-49-30(22-31)3-2-20-59-33-6-8-37-38(25-33)47(58)54(46(37)57)41-9-10-43(55)51-45(41)56/h4-8,11-13,16-17,21-22,25-27,32,34-35,41H,9-10,14-15,18-20,23-24H2,1H3,(H,51,55,56)/t34-,35-,41?. The first-order valence-corrected chi connectivity index (χ1v) is 20.5. The third-order valence-electron chi connectivity index (χ3n) is 12.1. The van der Waals surface area contributed by atoms with Crippen molar-refractivity contribution in [3.05, 3.63) is 108 Å². The maximum Gasteiger partial charge on any atom is 0.262 e. The molecule has 14 nitrogen and oxygen atoms in total. The first kappa shape index (κ1) is 38.1. The lowest BCUT2D eigenvalue weighted by molar-refractivity contribution is -0.136. The SMILES string of the molecule is Cn1c2ccncc2c2ccc(-c3ccc(O[C@H]4C[C@H](OC5CCN(c6ccnc(C#CCOc7ccc8c(c7)C(=O)N(C7CCC(=O)NC7=O)C8=O)c6)CC5)C4)nc3)cc21. The van der Waals surface area contributed by atoms with Gasteiger partial charge in [0, 0.05) is 97.8 Å². The second kappa shape index (κ2) is 15.8. The minimum Gasteiger partial charge on any atom is -0.481 e. The lowest BCUT2D eigenvalue weighted by Crippen LogP contribution is -2.54. The monoisotopic (exact) mass is 815 g/mol. The number of benzene rings is 2. The molecule has 0 radical (unpaired) electrons. The molecule has 3 fully saturated rings. The second-order valence-electron chi connectivity index (χ2n) is 15.9. The fraction of sp³-hybridized carbons (Fsp3) is 0.298. The summed E-state index contributed by atoms with van der Waals surface area (Å²) in [6.07, 6.45) is 11.5. The Morgan fingerprint density at radius 1 is 0.770 bits per heavy atom. The van der Waals surface area contributed by atoms with Crippen LogP contribution in [0.2, 0.25) is 0 Å². The van der Waals surface area contributed by atoms with Crippen LogP contribution in [0.3, 0.4) is 0 Å². The van der Waals surface area contributed by atoms with Crippen molar-refractivity contribution in [2.75, 3.05) is 24.6 Å². The van der Waals surface area contributed by atoms with E-state index >= 15 is 0 Å². The first-order chi connectivity index (χ1) is 29.8. The van der Waals surface area contributed by atoms with Crippen LogP contribution >= 0.6 is 0 Å². The Labute approximate surface area is 350 Å². The molecule has 7 heterocycles. The van der Waals surface area contributed by atoms with E-state index in [1.165, 1.54) is 17.5 Å². The highest BCUT2D eigenvalue weighted by Gasteiger charge is 2.44. The van der Waals surface area contributed by atoms with Gasteiger partial charge < -0.3 is 23.7 Å². The lowest BCUT2D eigenvalue weighted by atomic mass is 9.91. The number of anilines is 1. The highest BCUT2D eigenvalue weighted by atomic mass is 16.5. The summed E-state index contributed by atoms with van der Waals surface area (Å²) in [5.41, 5.74) is 6.45. The number of carbonyl (C=O) groups excluding carboxylic acids is 4. The number of hydrogen-bond acceptors (Lipinski definition) is 11. The highest BCUT2D eigenvalue weighted by molar-refractivity contribution is 6.23. The van der Waals surface area contributed by atoms with E-state index in [4.69, 9.17) is 14.2 Å². The molecule has 306 valence electrons. The fourth-order valence-corrected chi connectivity index (χ4v) is 8.74. The maximum absolute atomic E-state index is 13.1. The van der Waals surface area contributed by atoms with Crippen LogP contribution in [0, 0.1) is 11.8 Å². The average Bonchev–Trinajstić information content (AvgIpc) is 3.69. The van der Waals surface area contributed by atoms with E-state index in [2.05, 4.69) is 72.9 Å². The number of pyridine rings is 3. The Kier molecular flexibility index (Phi) is 9.88. The molecule has 1 unspecified atom stereocenters. The molecule has 2 aromatic carbocycles. The predicted molar refractivity (Wildman–Crippen MR) is 225 cm³/mol. The van der Waals surface area contributed by atoms with Crippen molar-refractivity contribution in [3.8, 4) is 34.6 Å². The van der Waals surface area contributed by atoms with E-state index in [-0.39, 0.29) is 48.9 Å². The summed E-state index contributed by atoms with van der Waals surface area (Å²) >= 11 is 0. The van der Waals surface area contributed by atoms with Crippen molar-refractivity contribution in [1.82, 2.24) is 29.7 Å². The van der Waals surface area contributed by atoms with E-state index < -0.39 is 29.7 Å². The summed E-state index contributed by atoms with van der Waals surface area (Å²) in [6, 6.07) is 20.1. The van der Waals surface area contributed by atoms with E-state index in [0.29, 0.717) is 17.3 Å². The summed E-state index contributed by atoms with van der Waals surface area (Å²) in [6.45, 7) is 1.75. The number of fused-ring (bicyclic) bond motifs is 4.